The summed E-state index contributed by atoms with van der Waals surface area (Å²) in [6.45, 7) is 4.16. The Hall–Kier alpha value is -1.71. The molecule has 3 N–H and O–H groups in total. The van der Waals surface area contributed by atoms with Crippen molar-refractivity contribution >= 4 is 17.3 Å². The number of hydrogen-bond acceptors (Lipinski definition) is 3. The van der Waals surface area contributed by atoms with Crippen molar-refractivity contribution in [2.75, 3.05) is 17.7 Å². The van der Waals surface area contributed by atoms with E-state index >= 15 is 0 Å². The van der Waals surface area contributed by atoms with E-state index in [2.05, 4.69) is 18.9 Å². The molecule has 0 aromatic heterocycles. The number of nitrogen functional groups attached to an aromatic ring is 1. The van der Waals surface area contributed by atoms with Gasteiger partial charge >= 0.3 is 5.97 Å². The highest BCUT2D eigenvalue weighted by Crippen LogP contribution is 2.31. The number of hydrogen-bond donors (Lipinski definition) is 2. The average Bonchev–Trinajstić information content (AvgIpc) is 2.41. The number of carboxylic acids is 1. The minimum atomic E-state index is -0.960. The van der Waals surface area contributed by atoms with Crippen molar-refractivity contribution in [1.82, 2.24) is 0 Å². The van der Waals surface area contributed by atoms with Crippen molar-refractivity contribution < 1.29 is 9.90 Å². The third kappa shape index (κ3) is 2.89. The molecule has 0 saturated heterocycles. The maximum atomic E-state index is 11.3. The molecule has 0 atom stereocenters. The van der Waals surface area contributed by atoms with E-state index in [0.717, 1.165) is 17.2 Å². The molecule has 4 heteroatoms. The van der Waals surface area contributed by atoms with Gasteiger partial charge in [0.15, 0.2) is 0 Å². The second-order valence-electron chi connectivity index (χ2n) is 6.05. The normalized spacial score (nSPS) is 22.6. The highest BCUT2D eigenvalue weighted by Gasteiger charge is 2.23. The summed E-state index contributed by atoms with van der Waals surface area (Å²) in [6.07, 6.45) is 4.83. The fourth-order valence-corrected chi connectivity index (χ4v) is 3.00. The molecular weight excluding hydrogens is 252 g/mol. The average molecular weight is 276 g/mol. The van der Waals surface area contributed by atoms with E-state index in [0.29, 0.717) is 11.7 Å². The van der Waals surface area contributed by atoms with E-state index < -0.39 is 5.97 Å². The Morgan fingerprint density at radius 2 is 1.90 bits per heavy atom. The molecule has 1 aromatic rings. The molecule has 0 bridgehead atoms. The van der Waals surface area contributed by atoms with Gasteiger partial charge in [-0.25, -0.2) is 4.79 Å². The Morgan fingerprint density at radius 1 is 1.30 bits per heavy atom. The molecule has 4 nitrogen and oxygen atoms in total. The van der Waals surface area contributed by atoms with Crippen molar-refractivity contribution in [3.63, 3.8) is 0 Å². The number of benzene rings is 1. The van der Waals surface area contributed by atoms with E-state index in [4.69, 9.17) is 5.73 Å². The zero-order valence-electron chi connectivity index (χ0n) is 12.5. The van der Waals surface area contributed by atoms with Gasteiger partial charge in [-0.3, -0.25) is 0 Å². The number of aromatic carboxylic acids is 1. The molecule has 0 amide bonds. The maximum Gasteiger partial charge on any atom is 0.337 e. The number of anilines is 2. The third-order valence-corrected chi connectivity index (χ3v) is 4.54. The van der Waals surface area contributed by atoms with Gasteiger partial charge in [0.2, 0.25) is 0 Å². The van der Waals surface area contributed by atoms with Crippen LogP contribution in [0.15, 0.2) is 12.1 Å². The van der Waals surface area contributed by atoms with Crippen molar-refractivity contribution in [2.24, 2.45) is 5.92 Å². The van der Waals surface area contributed by atoms with Crippen LogP contribution in [0.25, 0.3) is 0 Å². The van der Waals surface area contributed by atoms with Crippen molar-refractivity contribution in [3.05, 3.63) is 23.3 Å². The topological polar surface area (TPSA) is 66.6 Å². The van der Waals surface area contributed by atoms with Gasteiger partial charge in [0.25, 0.3) is 0 Å². The highest BCUT2D eigenvalue weighted by molar-refractivity contribution is 5.95. The van der Waals surface area contributed by atoms with Crippen molar-refractivity contribution in [3.8, 4) is 0 Å². The third-order valence-electron chi connectivity index (χ3n) is 4.54. The van der Waals surface area contributed by atoms with Crippen LogP contribution >= 0.6 is 0 Å². The summed E-state index contributed by atoms with van der Waals surface area (Å²) in [5.41, 5.74) is 8.20. The first-order valence-corrected chi connectivity index (χ1v) is 7.26. The van der Waals surface area contributed by atoms with Crippen molar-refractivity contribution in [2.45, 2.75) is 45.6 Å². The molecule has 0 spiro atoms. The molecule has 1 saturated carbocycles. The highest BCUT2D eigenvalue weighted by atomic mass is 16.4. The maximum absolute atomic E-state index is 11.3. The Balaban J connectivity index is 2.26. The molecular formula is C16H24N2O2. The first-order valence-electron chi connectivity index (χ1n) is 7.26. The fourth-order valence-electron chi connectivity index (χ4n) is 3.00. The van der Waals surface area contributed by atoms with Gasteiger partial charge in [0.05, 0.1) is 5.56 Å². The standard InChI is InChI=1S/C16H24N2O2/c1-10-4-6-12(7-5-10)18(3)13-8-11(2)15(17)14(9-13)16(19)20/h8-10,12H,4-7,17H2,1-3H3,(H,19,20). The van der Waals surface area contributed by atoms with E-state index in [9.17, 15) is 9.90 Å². The Kier molecular flexibility index (Phi) is 4.21. The monoisotopic (exact) mass is 276 g/mol. The minimum Gasteiger partial charge on any atom is -0.478 e. The number of carboxylic acid groups (broad SMARTS) is 1. The smallest absolute Gasteiger partial charge is 0.337 e. The number of aryl methyl sites for hydroxylation is 1. The molecule has 2 rings (SSSR count). The van der Waals surface area contributed by atoms with E-state index in [1.54, 1.807) is 6.07 Å². The quantitative estimate of drug-likeness (QED) is 0.831. The first-order chi connectivity index (χ1) is 9.40. The Morgan fingerprint density at radius 3 is 2.45 bits per heavy atom. The largest absolute Gasteiger partial charge is 0.478 e. The molecule has 110 valence electrons. The van der Waals surface area contributed by atoms with Gasteiger partial charge in [-0.2, -0.15) is 0 Å². The number of rotatable bonds is 3. The van der Waals surface area contributed by atoms with Crippen LogP contribution in [0.3, 0.4) is 0 Å². The SMILES string of the molecule is Cc1cc(N(C)C2CCC(C)CC2)cc(C(=O)O)c1N. The predicted octanol–water partition coefficient (Wildman–Crippen LogP) is 3.29. The van der Waals surface area contributed by atoms with Gasteiger partial charge in [0, 0.05) is 24.5 Å². The van der Waals surface area contributed by atoms with Crippen LogP contribution < -0.4 is 10.6 Å². The summed E-state index contributed by atoms with van der Waals surface area (Å²) in [5, 5.41) is 9.24. The van der Waals surface area contributed by atoms with Gasteiger partial charge < -0.3 is 15.7 Å². The van der Waals surface area contributed by atoms with Gasteiger partial charge in [0.1, 0.15) is 0 Å². The second-order valence-corrected chi connectivity index (χ2v) is 6.05. The zero-order chi connectivity index (χ0) is 14.9. The first kappa shape index (κ1) is 14.7. The van der Waals surface area contributed by atoms with E-state index in [-0.39, 0.29) is 5.56 Å². The second kappa shape index (κ2) is 5.73. The summed E-state index contributed by atoms with van der Waals surface area (Å²) in [6, 6.07) is 4.18. The molecule has 1 aliphatic carbocycles. The molecule has 1 aliphatic rings. The molecule has 0 heterocycles. The molecule has 0 unspecified atom stereocenters. The fraction of sp³-hybridized carbons (Fsp3) is 0.562. The van der Waals surface area contributed by atoms with Crippen molar-refractivity contribution in [1.29, 1.82) is 0 Å². The lowest BCUT2D eigenvalue weighted by Crippen LogP contribution is -2.35. The van der Waals surface area contributed by atoms with Crippen LogP contribution in [-0.4, -0.2) is 24.2 Å². The van der Waals surface area contributed by atoms with Crippen LogP contribution in [0.2, 0.25) is 0 Å². The number of nitrogens with zero attached hydrogens (tertiary/aromatic N) is 1. The van der Waals surface area contributed by atoms with Gasteiger partial charge in [-0.1, -0.05) is 6.92 Å². The molecule has 0 radical (unpaired) electrons. The van der Waals surface area contributed by atoms with Gasteiger partial charge in [-0.05, 0) is 56.2 Å². The predicted molar refractivity (Wildman–Crippen MR) is 82.4 cm³/mol. The molecule has 20 heavy (non-hydrogen) atoms. The Labute approximate surface area is 120 Å². The summed E-state index contributed by atoms with van der Waals surface area (Å²) >= 11 is 0. The number of nitrogens with two attached hydrogens (primary N) is 1. The lowest BCUT2D eigenvalue weighted by atomic mass is 9.86. The van der Waals surface area contributed by atoms with E-state index in [1.807, 2.05) is 13.0 Å². The Bertz CT molecular complexity index is 505. The minimum absolute atomic E-state index is 0.205. The molecule has 0 aliphatic heterocycles. The molecule has 1 fully saturated rings. The lowest BCUT2D eigenvalue weighted by Gasteiger charge is -2.35. The van der Waals surface area contributed by atoms with E-state index in [1.165, 1.54) is 25.7 Å². The summed E-state index contributed by atoms with van der Waals surface area (Å²) in [5.74, 6) is -0.152. The summed E-state index contributed by atoms with van der Waals surface area (Å²) in [4.78, 5) is 13.5. The van der Waals surface area contributed by atoms with Gasteiger partial charge in [-0.15, -0.1) is 0 Å². The van der Waals surface area contributed by atoms with Crippen LogP contribution in [-0.2, 0) is 0 Å². The molecule has 1 aromatic carbocycles. The lowest BCUT2D eigenvalue weighted by molar-refractivity contribution is 0.0698. The summed E-state index contributed by atoms with van der Waals surface area (Å²) in [7, 11) is 2.05. The number of carbonyl (C=O) groups is 1. The zero-order valence-corrected chi connectivity index (χ0v) is 12.5. The van der Waals surface area contributed by atoms with Crippen LogP contribution in [0.1, 0.15) is 48.5 Å². The van der Waals surface area contributed by atoms with Crippen LogP contribution in [0.5, 0.6) is 0 Å². The van der Waals surface area contributed by atoms with Crippen LogP contribution in [0, 0.1) is 12.8 Å². The van der Waals surface area contributed by atoms with Crippen LogP contribution in [0.4, 0.5) is 11.4 Å². The summed E-state index contributed by atoms with van der Waals surface area (Å²) < 4.78 is 0.